The molecule has 0 radical (unpaired) electrons. The van der Waals surface area contributed by atoms with Crippen LogP contribution in [0.1, 0.15) is 222 Å². The number of nitrogens with two attached hydrogens (primary N) is 4. The van der Waals surface area contributed by atoms with Crippen LogP contribution in [0.4, 0.5) is 48.2 Å². The van der Waals surface area contributed by atoms with Gasteiger partial charge in [0.2, 0.25) is 0 Å². The van der Waals surface area contributed by atoms with Gasteiger partial charge in [-0.25, -0.2) is 65.3 Å². The van der Waals surface area contributed by atoms with Crippen molar-refractivity contribution < 1.29 is 111 Å². The van der Waals surface area contributed by atoms with Crippen molar-refractivity contribution in [1.29, 1.82) is 15.8 Å². The molecule has 145 heavy (non-hydrogen) atoms. The second-order valence-electron chi connectivity index (χ2n) is 31.2. The Morgan fingerprint density at radius 2 is 0.834 bits per heavy atom. The van der Waals surface area contributed by atoms with Gasteiger partial charge in [0, 0.05) is 117 Å². The zero-order valence-corrected chi connectivity index (χ0v) is 87.8. The molecule has 3 aromatic heterocycles. The van der Waals surface area contributed by atoms with E-state index in [1.807, 2.05) is 140 Å². The summed E-state index contributed by atoms with van der Waals surface area (Å²) < 4.78 is 141. The van der Waals surface area contributed by atoms with Crippen molar-refractivity contribution in [2.45, 2.75) is 137 Å². The Morgan fingerprint density at radius 3 is 1.21 bits per heavy atom. The second-order valence-corrected chi connectivity index (χ2v) is 35.2. The fraction of sp³-hybridized carbons (Fsp3) is 0.301. The number of esters is 2. The van der Waals surface area contributed by atoms with E-state index >= 15 is 4.39 Å². The molecule has 4 fully saturated rings. The number of methoxy groups -OCH3 is 2. The summed E-state index contributed by atoms with van der Waals surface area (Å²) in [6.45, 7) is 15.7. The molecular formula is C103H110BCl4F7I3N11O16. The lowest BCUT2D eigenvalue weighted by molar-refractivity contribution is 0.00578. The first-order valence-electron chi connectivity index (χ1n) is 44.3. The summed E-state index contributed by atoms with van der Waals surface area (Å²) in [6.07, 6.45) is 10.8. The summed E-state index contributed by atoms with van der Waals surface area (Å²) in [5.41, 5.74) is 28.0. The van der Waals surface area contributed by atoms with E-state index in [0.717, 1.165) is 117 Å². The SMILES string of the molecule is C.C.CC1(C)OB(c2cc(C3CCOCC3)cnc2N)OC1(C)C.CI.COC(=O)c1c(F)cc(Cl)cc1C#N.COC(=O)c1c(F)cc(Cl)cc1I.N#Cc1cc(-c2cc(C3CCOCC3)cnc2N)cc(F)c1C(=O)NCc1ccccc1.N#Cc1cc(-c2cc(C3CCOCC3)cnc2N)cc(F)c1C(=O)O.NCc1ccccc1.O=C(O)c1c(F)cc(Cl)cc1I.O=C(O)c1ccc(Cl)cc1F.[2H]CC.[2H]CF. The lowest BCUT2D eigenvalue weighted by Gasteiger charge is -2.32. The predicted molar refractivity (Wildman–Crippen MR) is 573 cm³/mol. The number of aromatic carboxylic acids is 3. The van der Waals surface area contributed by atoms with Crippen molar-refractivity contribution in [3.8, 4) is 40.5 Å². The number of anilines is 3. The van der Waals surface area contributed by atoms with E-state index in [4.69, 9.17) is 121 Å². The van der Waals surface area contributed by atoms with Crippen LogP contribution in [0.5, 0.6) is 0 Å². The molecule has 774 valence electrons. The van der Waals surface area contributed by atoms with E-state index < -0.39 is 90.5 Å². The molecule has 27 nitrogen and oxygen atoms in total. The Labute approximate surface area is 901 Å². The molecule has 7 heterocycles. The number of nitriles is 3. The van der Waals surface area contributed by atoms with Gasteiger partial charge >= 0.3 is 37.0 Å². The van der Waals surface area contributed by atoms with Crippen molar-refractivity contribution in [2.75, 3.05) is 83.1 Å². The molecule has 0 atom stereocenters. The van der Waals surface area contributed by atoms with Gasteiger partial charge in [0.15, 0.2) is 0 Å². The molecule has 15 rings (SSSR count). The number of carboxylic acid groups (broad SMARTS) is 3. The van der Waals surface area contributed by atoms with Crippen LogP contribution in [0.2, 0.25) is 20.1 Å². The average molecular weight is 2430 g/mol. The number of carbonyl (C=O) groups excluding carboxylic acids is 3. The minimum absolute atomic E-state index is 0. The summed E-state index contributed by atoms with van der Waals surface area (Å²) >= 11 is 27.7. The third-order valence-corrected chi connectivity index (χ3v) is 24.2. The number of pyridine rings is 3. The Kier molecular flexibility index (Phi) is 54.6. The number of nitrogen functional groups attached to an aromatic ring is 3. The van der Waals surface area contributed by atoms with E-state index in [2.05, 4.69) is 58.4 Å². The highest BCUT2D eigenvalue weighted by Gasteiger charge is 2.52. The van der Waals surface area contributed by atoms with Crippen LogP contribution >= 0.6 is 114 Å². The zero-order valence-electron chi connectivity index (χ0n) is 80.3. The van der Waals surface area contributed by atoms with E-state index in [-0.39, 0.29) is 115 Å². The number of amides is 1. The summed E-state index contributed by atoms with van der Waals surface area (Å²) in [4.78, 5) is 81.4. The van der Waals surface area contributed by atoms with Gasteiger partial charge in [0.25, 0.3) is 5.91 Å². The normalized spacial score (nSPS) is 13.5. The van der Waals surface area contributed by atoms with Crippen LogP contribution in [-0.4, -0.2) is 150 Å². The minimum atomic E-state index is -1.48. The van der Waals surface area contributed by atoms with Crippen molar-refractivity contribution in [2.24, 2.45) is 5.73 Å². The van der Waals surface area contributed by atoms with Crippen LogP contribution in [0.15, 0.2) is 176 Å². The number of rotatable bonds is 15. The van der Waals surface area contributed by atoms with Crippen molar-refractivity contribution in [3.63, 3.8) is 0 Å². The summed E-state index contributed by atoms with van der Waals surface area (Å²) in [5.74, 6) is -9.23. The Balaban J connectivity index is 0.000000440. The highest BCUT2D eigenvalue weighted by Crippen LogP contribution is 2.40. The van der Waals surface area contributed by atoms with Crippen LogP contribution in [-0.2, 0) is 46.1 Å². The minimum Gasteiger partial charge on any atom is -0.478 e. The smallest absolute Gasteiger partial charge is 0.478 e. The quantitative estimate of drug-likeness (QED) is 0.0155. The molecule has 42 heteroatoms. The van der Waals surface area contributed by atoms with E-state index in [1.165, 1.54) is 60.7 Å². The number of hydrogen-bond acceptors (Lipinski definition) is 23. The lowest BCUT2D eigenvalue weighted by Crippen LogP contribution is -2.41. The predicted octanol–water partition coefficient (Wildman–Crippen LogP) is 24.0. The number of nitrogens with zero attached hydrogens (tertiary/aromatic N) is 6. The van der Waals surface area contributed by atoms with Gasteiger partial charge < -0.3 is 76.6 Å². The van der Waals surface area contributed by atoms with Gasteiger partial charge in [-0.15, -0.1) is 0 Å². The van der Waals surface area contributed by atoms with Crippen LogP contribution in [0, 0.1) is 76.0 Å². The molecular weight excluding hydrogens is 2310 g/mol. The maximum Gasteiger partial charge on any atom is 0.498 e. The molecule has 0 spiro atoms. The maximum atomic E-state index is 15.1. The first-order valence-corrected chi connectivity index (χ1v) is 48.7. The topological polar surface area (TPSA) is 454 Å². The Bertz CT molecular complexity index is 6320. The number of halogens is 14. The third kappa shape index (κ3) is 37.8. The molecule has 0 bridgehead atoms. The Hall–Kier alpha value is -11.4. The van der Waals surface area contributed by atoms with Gasteiger partial charge in [-0.2, -0.15) is 15.8 Å². The molecule has 12 N–H and O–H groups in total. The van der Waals surface area contributed by atoms with Crippen molar-refractivity contribution in [1.82, 2.24) is 20.3 Å². The second kappa shape index (κ2) is 63.9. The number of hydrogen-bond donors (Lipinski definition) is 8. The van der Waals surface area contributed by atoms with E-state index in [1.54, 1.807) is 54.0 Å². The number of carboxylic acids is 3. The molecule has 11 aromatic rings. The summed E-state index contributed by atoms with van der Waals surface area (Å²) in [7, 11) is 0.849. The van der Waals surface area contributed by atoms with Crippen LogP contribution in [0.25, 0.3) is 22.3 Å². The molecule has 0 aliphatic carbocycles. The van der Waals surface area contributed by atoms with Crippen LogP contribution in [0.3, 0.4) is 0 Å². The fourth-order valence-corrected chi connectivity index (χ4v) is 16.5. The monoisotopic (exact) mass is 2420 g/mol. The molecule has 1 amide bonds. The van der Waals surface area contributed by atoms with Crippen molar-refractivity contribution in [3.05, 3.63) is 316 Å². The maximum absolute atomic E-state index is 15.1. The van der Waals surface area contributed by atoms with Gasteiger partial charge in [-0.3, -0.25) is 9.18 Å². The average Bonchev–Trinajstić information content (AvgIpc) is 1.57. The lowest BCUT2D eigenvalue weighted by atomic mass is 9.77. The first-order chi connectivity index (χ1) is 68.9. The van der Waals surface area contributed by atoms with Crippen LogP contribution < -0.4 is 33.7 Å². The fourth-order valence-electron chi connectivity index (χ4n) is 13.7. The van der Waals surface area contributed by atoms with Gasteiger partial charge in [0.1, 0.15) is 92.8 Å². The first kappa shape index (κ1) is 124. The largest absolute Gasteiger partial charge is 0.498 e. The molecule has 4 aliphatic rings. The molecule has 4 aliphatic heterocycles. The zero-order chi connectivity index (χ0) is 108. The third-order valence-electron chi connectivity index (χ3n) is 21.6. The van der Waals surface area contributed by atoms with Gasteiger partial charge in [0.05, 0.1) is 61.8 Å². The molecule has 8 aromatic carbocycles. The molecule has 0 saturated carbocycles. The van der Waals surface area contributed by atoms with E-state index in [9.17, 15) is 60.4 Å². The highest BCUT2D eigenvalue weighted by atomic mass is 127. The van der Waals surface area contributed by atoms with E-state index in [0.29, 0.717) is 86.9 Å². The Morgan fingerprint density at radius 1 is 0.490 bits per heavy atom. The summed E-state index contributed by atoms with van der Waals surface area (Å²) in [6, 6.07) is 46.1. The number of nitrogens with one attached hydrogen (secondary N) is 1. The highest BCUT2D eigenvalue weighted by molar-refractivity contribution is 14.1. The number of aromatic nitrogens is 3. The number of alkyl halides is 2. The number of benzene rings is 8. The number of ether oxygens (including phenoxy) is 5. The summed E-state index contributed by atoms with van der Waals surface area (Å²) in [5, 5.41) is 56.8. The molecule has 0 unspecified atom stereocenters. The number of carbonyl (C=O) groups is 6. The van der Waals surface area contributed by atoms with Gasteiger partial charge in [-0.1, -0.05) is 164 Å². The van der Waals surface area contributed by atoms with Crippen molar-refractivity contribution >= 4 is 180 Å². The standard InChI is InChI=1S/C25H23FN4O2.C18H16FN3O3.C16H25BN2O3.C9H5ClFNO2.C8H5ClFIO2.C7H3ClFIO2.C7H4ClFO2.C7H9N.C2H6.CH3F.CH3I.2CH4/c26-22-12-18(21-11-20(15-29-24(21)28)17-6-8-32-9-7-17)10-19(13-27)23(22)25(31)30-14-16-4-2-1-3-5-16;19-15-7-11(5-12(8-20)16(15)18(23)24)14-6-13(9-22-17(14)21)10-1-3-25-4-2-10;1-15(2)16(3,4)22-17(21-15)13-9-12(10-19-14(13)18)11-5-7-20-8-6-11;1-14-9(13)8-5(4-12)2-6(10)3-7(8)11;1-13-8(12)7-5(10)2-4(9)3-6(7)11;8-3-1-4(9)6(7(11)12)5(10)2-3;8-4-1-2-5(7(10)11)6(9)3-4;8-6-7-4-2-1-3-5-7;3*1-2;;/h1-5,10-12,15,17H,6-9,14H2,(H2,28,29)(H,30,31);5-7,9-10H,1-4H2,(H2,21,22)(H,23,24);9-11H,5-8H2,1-4H3,(H2,18,19);2-3H,1H3;2-3H,1H3;1-2H,(H,11,12);1-3H,(H,10,11);1-5H,6,8H2;1-2H3;2*1H3;2*1H4/i;;;;;;;;2*1D;;;. The molecule has 4 saturated heterocycles. The van der Waals surface area contributed by atoms with Gasteiger partial charge in [-0.05, 0) is 264 Å².